The van der Waals surface area contributed by atoms with Gasteiger partial charge in [-0.15, -0.1) is 11.3 Å². The Morgan fingerprint density at radius 1 is 1.45 bits per heavy atom. The Morgan fingerprint density at radius 3 is 2.80 bits per heavy atom. The number of nitrogens with zero attached hydrogens (tertiary/aromatic N) is 3. The molecule has 0 radical (unpaired) electrons. The van der Waals surface area contributed by atoms with Crippen LogP contribution in [0, 0.1) is 12.8 Å². The number of carboxylic acid groups (broad SMARTS) is 1. The minimum absolute atomic E-state index is 0.363. The van der Waals surface area contributed by atoms with E-state index in [0.717, 1.165) is 34.6 Å². The molecule has 0 bridgehead atoms. The first kappa shape index (κ1) is 13.3. The van der Waals surface area contributed by atoms with Gasteiger partial charge in [-0.05, 0) is 31.7 Å². The molecule has 3 heterocycles. The van der Waals surface area contributed by atoms with E-state index in [4.69, 9.17) is 0 Å². The third-order valence-corrected chi connectivity index (χ3v) is 5.14. The van der Waals surface area contributed by atoms with Crippen molar-refractivity contribution < 1.29 is 9.90 Å². The number of carboxylic acids is 1. The number of thiophene rings is 1. The smallest absolute Gasteiger partial charge is 0.346 e. The van der Waals surface area contributed by atoms with Gasteiger partial charge in [-0.25, -0.2) is 14.8 Å². The minimum Gasteiger partial charge on any atom is -0.477 e. The predicted octanol–water partition coefficient (Wildman–Crippen LogP) is 2.93. The molecule has 0 saturated carbocycles. The summed E-state index contributed by atoms with van der Waals surface area (Å²) in [5.41, 5.74) is 0.778. The molecule has 5 nitrogen and oxygen atoms in total. The Hall–Kier alpha value is -1.69. The average molecular weight is 291 g/mol. The van der Waals surface area contributed by atoms with Gasteiger partial charge in [-0.2, -0.15) is 0 Å². The van der Waals surface area contributed by atoms with Crippen molar-refractivity contribution in [1.82, 2.24) is 9.97 Å². The van der Waals surface area contributed by atoms with E-state index in [-0.39, 0.29) is 0 Å². The standard InChI is InChI=1S/C14H17N3O2S/c1-7-4-8(2)17(5-7)12-10-9(3)11(14(18)19)20-13(10)16-6-15-12/h6-8H,4-5H2,1-3H3,(H,18,19). The molecule has 1 aliphatic heterocycles. The number of anilines is 1. The van der Waals surface area contributed by atoms with E-state index in [9.17, 15) is 9.90 Å². The van der Waals surface area contributed by atoms with Crippen molar-refractivity contribution in [2.24, 2.45) is 5.92 Å². The number of hydrogen-bond acceptors (Lipinski definition) is 5. The van der Waals surface area contributed by atoms with Gasteiger partial charge in [-0.1, -0.05) is 6.92 Å². The molecule has 3 rings (SSSR count). The zero-order valence-corrected chi connectivity index (χ0v) is 12.6. The largest absolute Gasteiger partial charge is 0.477 e. The number of fused-ring (bicyclic) bond motifs is 1. The highest BCUT2D eigenvalue weighted by Crippen LogP contribution is 2.37. The molecule has 0 aromatic carbocycles. The molecule has 6 heteroatoms. The number of rotatable bonds is 2. The first-order chi connectivity index (χ1) is 9.49. The quantitative estimate of drug-likeness (QED) is 0.921. The number of aromatic nitrogens is 2. The SMILES string of the molecule is Cc1c(C(=O)O)sc2ncnc(N3CC(C)CC3C)c12. The van der Waals surface area contributed by atoms with E-state index >= 15 is 0 Å². The van der Waals surface area contributed by atoms with Crippen molar-refractivity contribution in [2.75, 3.05) is 11.4 Å². The van der Waals surface area contributed by atoms with E-state index in [1.165, 1.54) is 17.7 Å². The van der Waals surface area contributed by atoms with Crippen molar-refractivity contribution in [2.45, 2.75) is 33.2 Å². The van der Waals surface area contributed by atoms with E-state index in [0.29, 0.717) is 16.8 Å². The highest BCUT2D eigenvalue weighted by Gasteiger charge is 2.30. The molecule has 0 aliphatic carbocycles. The molecule has 1 aliphatic rings. The number of carbonyl (C=O) groups is 1. The van der Waals surface area contributed by atoms with Crippen molar-refractivity contribution >= 4 is 33.3 Å². The topological polar surface area (TPSA) is 66.3 Å². The number of aryl methyl sites for hydroxylation is 1. The maximum atomic E-state index is 11.3. The summed E-state index contributed by atoms with van der Waals surface area (Å²) >= 11 is 1.23. The molecular weight excluding hydrogens is 274 g/mol. The normalized spacial score (nSPS) is 22.6. The van der Waals surface area contributed by atoms with Crippen molar-refractivity contribution in [1.29, 1.82) is 0 Å². The van der Waals surface area contributed by atoms with E-state index < -0.39 is 5.97 Å². The zero-order chi connectivity index (χ0) is 14.4. The third-order valence-electron chi connectivity index (χ3n) is 3.96. The van der Waals surface area contributed by atoms with Crippen LogP contribution in [0.15, 0.2) is 6.33 Å². The van der Waals surface area contributed by atoms with Crippen LogP contribution in [0.1, 0.15) is 35.5 Å². The number of hydrogen-bond donors (Lipinski definition) is 1. The molecule has 2 aromatic heterocycles. The van der Waals surface area contributed by atoms with Crippen molar-refractivity contribution in [3.8, 4) is 0 Å². The van der Waals surface area contributed by atoms with Crippen LogP contribution in [0.3, 0.4) is 0 Å². The molecule has 106 valence electrons. The van der Waals surface area contributed by atoms with Gasteiger partial charge < -0.3 is 10.0 Å². The van der Waals surface area contributed by atoms with Crippen LogP contribution in [-0.4, -0.2) is 33.6 Å². The maximum Gasteiger partial charge on any atom is 0.346 e. The van der Waals surface area contributed by atoms with Crippen LogP contribution in [0.2, 0.25) is 0 Å². The lowest BCUT2D eigenvalue weighted by molar-refractivity contribution is 0.0701. The summed E-state index contributed by atoms with van der Waals surface area (Å²) in [5, 5.41) is 10.2. The van der Waals surface area contributed by atoms with Gasteiger partial charge in [0.05, 0.1) is 5.39 Å². The van der Waals surface area contributed by atoms with Gasteiger partial charge in [0.2, 0.25) is 0 Å². The van der Waals surface area contributed by atoms with Crippen molar-refractivity contribution in [3.05, 3.63) is 16.8 Å². The van der Waals surface area contributed by atoms with Gasteiger partial charge in [0.25, 0.3) is 0 Å². The summed E-state index contributed by atoms with van der Waals surface area (Å²) in [4.78, 5) is 23.4. The average Bonchev–Trinajstić information content (AvgIpc) is 2.90. The second-order valence-electron chi connectivity index (χ2n) is 5.58. The van der Waals surface area contributed by atoms with Gasteiger partial charge >= 0.3 is 5.97 Å². The molecule has 2 atom stereocenters. The maximum absolute atomic E-state index is 11.3. The first-order valence-corrected chi connectivity index (χ1v) is 7.54. The molecule has 0 spiro atoms. The Balaban J connectivity index is 2.19. The Labute approximate surface area is 121 Å². The molecule has 1 saturated heterocycles. The predicted molar refractivity (Wildman–Crippen MR) is 79.7 cm³/mol. The van der Waals surface area contributed by atoms with Gasteiger partial charge in [-0.3, -0.25) is 0 Å². The first-order valence-electron chi connectivity index (χ1n) is 6.73. The van der Waals surface area contributed by atoms with Crippen LogP contribution < -0.4 is 4.90 Å². The lowest BCUT2D eigenvalue weighted by Gasteiger charge is -2.23. The fourth-order valence-electron chi connectivity index (χ4n) is 3.07. The van der Waals surface area contributed by atoms with Crippen molar-refractivity contribution in [3.63, 3.8) is 0 Å². The minimum atomic E-state index is -0.890. The van der Waals surface area contributed by atoms with Crippen LogP contribution in [0.4, 0.5) is 5.82 Å². The lowest BCUT2D eigenvalue weighted by atomic mass is 10.1. The second-order valence-corrected chi connectivity index (χ2v) is 6.58. The fourth-order valence-corrected chi connectivity index (χ4v) is 4.05. The Morgan fingerprint density at radius 2 is 2.20 bits per heavy atom. The second kappa shape index (κ2) is 4.70. The third kappa shape index (κ3) is 1.95. The summed E-state index contributed by atoms with van der Waals surface area (Å²) in [6, 6.07) is 0.427. The summed E-state index contributed by atoms with van der Waals surface area (Å²) < 4.78 is 0. The van der Waals surface area contributed by atoms with E-state index in [1.807, 2.05) is 6.92 Å². The molecule has 20 heavy (non-hydrogen) atoms. The van der Waals surface area contributed by atoms with Crippen LogP contribution in [0.25, 0.3) is 10.2 Å². The van der Waals surface area contributed by atoms with E-state index in [2.05, 4.69) is 28.7 Å². The van der Waals surface area contributed by atoms with Gasteiger partial charge in [0, 0.05) is 12.6 Å². The molecule has 2 unspecified atom stereocenters. The molecule has 0 amide bonds. The lowest BCUT2D eigenvalue weighted by Crippen LogP contribution is -2.27. The van der Waals surface area contributed by atoms with Gasteiger partial charge in [0.15, 0.2) is 0 Å². The van der Waals surface area contributed by atoms with E-state index in [1.54, 1.807) is 0 Å². The summed E-state index contributed by atoms with van der Waals surface area (Å²) in [6.07, 6.45) is 2.68. The van der Waals surface area contributed by atoms with Gasteiger partial charge in [0.1, 0.15) is 21.9 Å². The number of aromatic carboxylic acids is 1. The Bertz CT molecular complexity index is 682. The Kier molecular flexibility index (Phi) is 3.12. The van der Waals surface area contributed by atoms with Crippen LogP contribution in [0.5, 0.6) is 0 Å². The molecule has 1 N–H and O–H groups in total. The van der Waals surface area contributed by atoms with Crippen LogP contribution in [-0.2, 0) is 0 Å². The van der Waals surface area contributed by atoms with Crippen LogP contribution >= 0.6 is 11.3 Å². The monoisotopic (exact) mass is 291 g/mol. The fraction of sp³-hybridized carbons (Fsp3) is 0.500. The summed E-state index contributed by atoms with van der Waals surface area (Å²) in [7, 11) is 0. The highest BCUT2D eigenvalue weighted by molar-refractivity contribution is 7.20. The summed E-state index contributed by atoms with van der Waals surface area (Å²) in [6.45, 7) is 7.24. The summed E-state index contributed by atoms with van der Waals surface area (Å²) in [5.74, 6) is 0.625. The zero-order valence-electron chi connectivity index (χ0n) is 11.8. The molecular formula is C14H17N3O2S. The molecule has 1 fully saturated rings. The highest BCUT2D eigenvalue weighted by atomic mass is 32.1. The molecule has 2 aromatic rings.